The Kier molecular flexibility index (Phi) is 13.8. The van der Waals surface area contributed by atoms with Crippen LogP contribution >= 0.6 is 11.3 Å². The van der Waals surface area contributed by atoms with Gasteiger partial charge in [-0.2, -0.15) is 0 Å². The smallest absolute Gasteiger partial charge is 0.255 e. The van der Waals surface area contributed by atoms with Crippen molar-refractivity contribution in [1.82, 2.24) is 30.1 Å². The third-order valence-electron chi connectivity index (χ3n) is 13.1. The molecule has 3 atom stereocenters. The Balaban J connectivity index is 0.938. The Bertz CT molecular complexity index is 3350. The number of aromatic nitrogens is 3. The number of nitrogens with one attached hydrogen (secondary N) is 3. The number of β-amino-alcohol motifs (C(OH)–C–C–N with tert-alkyl or cyclic N) is 1. The molecule has 4 N–H and O–H groups in total. The number of H-pyrrole nitrogens is 1. The quantitative estimate of drug-likeness (QED) is 0.0667. The van der Waals surface area contributed by atoms with Crippen LogP contribution in [0.2, 0.25) is 0 Å². The van der Waals surface area contributed by atoms with Gasteiger partial charge >= 0.3 is 0 Å². The molecule has 71 heavy (non-hydrogen) atoms. The van der Waals surface area contributed by atoms with Crippen molar-refractivity contribution in [2.45, 2.75) is 71.8 Å². The molecule has 7 aromatic rings. The normalized spacial score (nSPS) is 16.1. The number of hydrogen-bond donors (Lipinski definition) is 4. The lowest BCUT2D eigenvalue weighted by molar-refractivity contribution is -0.143. The second-order valence-electron chi connectivity index (χ2n) is 18.4. The molecule has 364 valence electrons. The highest BCUT2D eigenvalue weighted by Gasteiger charge is 2.46. The van der Waals surface area contributed by atoms with Gasteiger partial charge in [-0.15, -0.1) is 11.3 Å². The summed E-state index contributed by atoms with van der Waals surface area (Å²) in [5, 5.41) is 14.2. The van der Waals surface area contributed by atoms with Gasteiger partial charge in [0.1, 0.15) is 23.5 Å². The molecule has 0 saturated carbocycles. The van der Waals surface area contributed by atoms with Crippen LogP contribution in [0.25, 0.3) is 32.6 Å². The number of benzene rings is 4. The summed E-state index contributed by atoms with van der Waals surface area (Å²) < 4.78 is 57.7. The standard InChI is InChI=1S/C52H50BF2N7O7S2/c1-5-18-71(68,69)60-42-17-16-41(54)44(45(42)55)47(64)39-24-57-49-38(39)19-34(23-56-49)30-12-14-35(15-13-30)53-40-20-31(48-29(4)59-27-70-48)10-11-32(40)22-58-50(65)43-21-36(63)26-61(43)52(67)46(28(2)3)62-25-33-8-6-7-9-37(33)51(62)66/h6-17,19-20,23-24,27-28,36,43,46,53,60,63H,5,18,21-22,25-26H2,1-4H3,(H,56,57)(H,58,65)/t36-,43+,46+/m1/s1. The van der Waals surface area contributed by atoms with Gasteiger partial charge < -0.3 is 25.2 Å². The minimum Gasteiger partial charge on any atom is -0.391 e. The molecule has 19 heteroatoms. The van der Waals surface area contributed by atoms with Gasteiger partial charge in [0.25, 0.3) is 5.91 Å². The van der Waals surface area contributed by atoms with E-state index in [0.29, 0.717) is 29.4 Å². The Hall–Kier alpha value is -7.09. The zero-order chi connectivity index (χ0) is 50.3. The van der Waals surface area contributed by atoms with Gasteiger partial charge in [0.2, 0.25) is 27.6 Å². The van der Waals surface area contributed by atoms with Crippen LogP contribution in [0.1, 0.15) is 76.7 Å². The third kappa shape index (κ3) is 9.85. The first-order valence-corrected chi connectivity index (χ1v) is 25.8. The number of aliphatic hydroxyl groups excluding tert-OH is 1. The summed E-state index contributed by atoms with van der Waals surface area (Å²) in [4.78, 5) is 71.6. The molecular weight excluding hydrogens is 948 g/mol. The first kappa shape index (κ1) is 48.9. The number of rotatable bonds is 16. The van der Waals surface area contributed by atoms with Crippen LogP contribution in [0, 0.1) is 24.5 Å². The highest BCUT2D eigenvalue weighted by atomic mass is 32.2. The van der Waals surface area contributed by atoms with Gasteiger partial charge in [0.05, 0.1) is 39.2 Å². The van der Waals surface area contributed by atoms with E-state index in [1.165, 1.54) is 22.4 Å². The van der Waals surface area contributed by atoms with Gasteiger partial charge in [0.15, 0.2) is 13.1 Å². The van der Waals surface area contributed by atoms with E-state index in [4.69, 9.17) is 0 Å². The summed E-state index contributed by atoms with van der Waals surface area (Å²) in [6, 6.07) is 22.7. The lowest BCUT2D eigenvalue weighted by Gasteiger charge is -2.35. The van der Waals surface area contributed by atoms with Crippen LogP contribution in [-0.4, -0.2) is 99.5 Å². The molecule has 3 amide bonds. The molecule has 1 saturated heterocycles. The van der Waals surface area contributed by atoms with Gasteiger partial charge in [-0.3, -0.25) is 23.9 Å². The van der Waals surface area contributed by atoms with Crippen molar-refractivity contribution in [3.05, 3.63) is 148 Å². The van der Waals surface area contributed by atoms with E-state index >= 15 is 8.78 Å². The topological polar surface area (TPSA) is 195 Å². The number of amides is 3. The molecule has 2 aliphatic rings. The molecule has 0 spiro atoms. The molecule has 0 aliphatic carbocycles. The molecule has 4 aromatic carbocycles. The molecule has 9 rings (SSSR count). The highest BCUT2D eigenvalue weighted by molar-refractivity contribution is 7.92. The van der Waals surface area contributed by atoms with Crippen molar-refractivity contribution in [2.24, 2.45) is 5.92 Å². The van der Waals surface area contributed by atoms with E-state index in [9.17, 15) is 32.7 Å². The van der Waals surface area contributed by atoms with E-state index in [-0.39, 0.29) is 61.5 Å². The van der Waals surface area contributed by atoms with Crippen molar-refractivity contribution in [3.8, 4) is 21.6 Å². The molecular formula is C52H50BF2N7O7S2. The minimum atomic E-state index is -3.93. The zero-order valence-electron chi connectivity index (χ0n) is 39.3. The summed E-state index contributed by atoms with van der Waals surface area (Å²) in [6.07, 6.45) is 2.33. The maximum absolute atomic E-state index is 15.7. The van der Waals surface area contributed by atoms with Crippen LogP contribution in [0.5, 0.6) is 0 Å². The monoisotopic (exact) mass is 997 g/mol. The molecule has 3 aromatic heterocycles. The molecule has 1 fully saturated rings. The molecule has 0 unspecified atom stereocenters. The first-order valence-electron chi connectivity index (χ1n) is 23.3. The summed E-state index contributed by atoms with van der Waals surface area (Å²) in [5.74, 6) is -5.05. The lowest BCUT2D eigenvalue weighted by Crippen LogP contribution is -2.55. The molecule has 0 radical (unpaired) electrons. The predicted octanol–water partition coefficient (Wildman–Crippen LogP) is 5.97. The second kappa shape index (κ2) is 20.0. The van der Waals surface area contributed by atoms with Crippen molar-refractivity contribution in [1.29, 1.82) is 0 Å². The van der Waals surface area contributed by atoms with E-state index in [0.717, 1.165) is 55.9 Å². The zero-order valence-corrected chi connectivity index (χ0v) is 41.0. The SMILES string of the molecule is CCCS(=O)(=O)Nc1ccc(F)c(C(=O)c2c[nH]c3ncc(-c4ccc(Bc5cc(-c6scnc6C)ccc5CNC(=O)[C@@H]5C[C@@H](O)CN5C(=O)[C@H](C(C)C)N5Cc6ccccc6C5=O)cc4)cc23)c1F. The number of fused-ring (bicyclic) bond motifs is 2. The van der Waals surface area contributed by atoms with Crippen LogP contribution < -0.4 is 21.0 Å². The van der Waals surface area contributed by atoms with Crippen LogP contribution in [0.15, 0.2) is 103 Å². The van der Waals surface area contributed by atoms with E-state index in [2.05, 4.69) is 31.1 Å². The highest BCUT2D eigenvalue weighted by Crippen LogP contribution is 2.33. The number of aryl methyl sites for hydroxylation is 1. The fourth-order valence-corrected chi connectivity index (χ4v) is 11.5. The average Bonchev–Trinajstić information content (AvgIpc) is 4.15. The van der Waals surface area contributed by atoms with Crippen LogP contribution in [-0.2, 0) is 32.7 Å². The van der Waals surface area contributed by atoms with Crippen molar-refractivity contribution < 1.29 is 41.5 Å². The van der Waals surface area contributed by atoms with Gasteiger partial charge in [-0.1, -0.05) is 92.4 Å². The van der Waals surface area contributed by atoms with E-state index in [1.807, 2.05) is 69.3 Å². The van der Waals surface area contributed by atoms with Crippen molar-refractivity contribution >= 4 is 79.8 Å². The average molecular weight is 998 g/mol. The van der Waals surface area contributed by atoms with Gasteiger partial charge in [-0.05, 0) is 65.8 Å². The number of sulfonamides is 1. The Morgan fingerprint density at radius 3 is 2.46 bits per heavy atom. The molecule has 2 aliphatic heterocycles. The van der Waals surface area contributed by atoms with Crippen molar-refractivity contribution in [2.75, 3.05) is 17.0 Å². The fourth-order valence-electron chi connectivity index (χ4n) is 9.58. The number of anilines is 1. The minimum absolute atomic E-state index is 0.0326. The van der Waals surface area contributed by atoms with E-state index < -0.39 is 62.8 Å². The fraction of sp³-hybridized carbons (Fsp3) is 0.269. The lowest BCUT2D eigenvalue weighted by atomic mass is 9.62. The molecule has 0 bridgehead atoms. The van der Waals surface area contributed by atoms with Crippen LogP contribution in [0.3, 0.4) is 0 Å². The number of aromatic amines is 1. The number of ketones is 1. The Labute approximate surface area is 413 Å². The predicted molar refractivity (Wildman–Crippen MR) is 271 cm³/mol. The summed E-state index contributed by atoms with van der Waals surface area (Å²) in [5.41, 5.74) is 7.88. The maximum Gasteiger partial charge on any atom is 0.255 e. The summed E-state index contributed by atoms with van der Waals surface area (Å²) in [7, 11) is -3.47. The number of nitrogens with zero attached hydrogens (tertiary/aromatic N) is 4. The number of aliphatic hydroxyl groups is 1. The summed E-state index contributed by atoms with van der Waals surface area (Å²) in [6.45, 7) is 7.71. The first-order chi connectivity index (χ1) is 34.0. The van der Waals surface area contributed by atoms with E-state index in [1.54, 1.807) is 41.7 Å². The molecule has 5 heterocycles. The summed E-state index contributed by atoms with van der Waals surface area (Å²) >= 11 is 1.52. The number of halogens is 2. The maximum atomic E-state index is 15.7. The third-order valence-corrected chi connectivity index (χ3v) is 15.6. The number of carbonyl (C=O) groups is 4. The number of hydrogen-bond acceptors (Lipinski definition) is 10. The largest absolute Gasteiger partial charge is 0.391 e. The number of likely N-dealkylation sites (tertiary alicyclic amines) is 1. The van der Waals surface area contributed by atoms with Gasteiger partial charge in [-0.25, -0.2) is 27.2 Å². The van der Waals surface area contributed by atoms with Crippen molar-refractivity contribution in [3.63, 3.8) is 0 Å². The van der Waals surface area contributed by atoms with Crippen LogP contribution in [0.4, 0.5) is 14.5 Å². The molecule has 14 nitrogen and oxygen atoms in total. The second-order valence-corrected chi connectivity index (χ2v) is 21.1. The Morgan fingerprint density at radius 1 is 0.986 bits per heavy atom. The number of carbonyl (C=O) groups excluding carboxylic acids is 4. The Morgan fingerprint density at radius 2 is 1.75 bits per heavy atom. The number of thiazole rings is 1. The number of pyridine rings is 1. The van der Waals surface area contributed by atoms with Gasteiger partial charge in [0, 0.05) is 60.5 Å².